The van der Waals surface area contributed by atoms with Crippen molar-refractivity contribution in [3.63, 3.8) is 0 Å². The predicted molar refractivity (Wildman–Crippen MR) is 116 cm³/mol. The van der Waals surface area contributed by atoms with E-state index in [1.165, 1.54) is 11.8 Å². The third kappa shape index (κ3) is 5.30. The van der Waals surface area contributed by atoms with Crippen LogP contribution in [0.15, 0.2) is 57.3 Å². The van der Waals surface area contributed by atoms with Crippen LogP contribution in [-0.2, 0) is 7.05 Å². The average molecular weight is 477 g/mol. The van der Waals surface area contributed by atoms with Crippen LogP contribution >= 0.6 is 27.7 Å². The first-order chi connectivity index (χ1) is 14.0. The van der Waals surface area contributed by atoms with E-state index in [-0.39, 0.29) is 5.91 Å². The van der Waals surface area contributed by atoms with E-state index < -0.39 is 0 Å². The zero-order valence-corrected chi connectivity index (χ0v) is 18.7. The predicted octanol–water partition coefficient (Wildman–Crippen LogP) is 4.78. The van der Waals surface area contributed by atoms with E-state index in [9.17, 15) is 4.79 Å². The lowest BCUT2D eigenvalue weighted by Crippen LogP contribution is -2.12. The highest BCUT2D eigenvalue weighted by Crippen LogP contribution is 2.37. The summed E-state index contributed by atoms with van der Waals surface area (Å²) in [6.45, 7) is 2.60. The number of amides is 1. The maximum absolute atomic E-state index is 12.7. The molecule has 0 fully saturated rings. The lowest BCUT2D eigenvalue weighted by molar-refractivity contribution is 0.102. The number of benzene rings is 2. The minimum absolute atomic E-state index is 0.236. The molecule has 0 saturated heterocycles. The molecule has 0 aliphatic rings. The maximum atomic E-state index is 12.7. The summed E-state index contributed by atoms with van der Waals surface area (Å²) in [6.07, 6.45) is 2.53. The van der Waals surface area contributed by atoms with Gasteiger partial charge in [-0.25, -0.2) is 0 Å². The first-order valence-electron chi connectivity index (χ1n) is 8.95. The van der Waals surface area contributed by atoms with Gasteiger partial charge in [0.25, 0.3) is 5.91 Å². The Morgan fingerprint density at radius 2 is 2.03 bits per heavy atom. The molecule has 1 aromatic heterocycles. The number of carbonyl (C=O) groups excluding carboxylic acids is 1. The standard InChI is InChI=1S/C20H21BrN4O3S/c1-4-9-28-18-16(21)10-13(11-17(18)27-3)19(26)23-14-5-7-15(8-6-14)29-20-24-22-12-25(20)2/h5-8,10-12H,4,9H2,1-3H3,(H,23,26). The van der Waals surface area contributed by atoms with E-state index in [2.05, 4.69) is 31.4 Å². The van der Waals surface area contributed by atoms with E-state index in [1.54, 1.807) is 25.6 Å². The topological polar surface area (TPSA) is 78.3 Å². The molecular weight excluding hydrogens is 456 g/mol. The zero-order chi connectivity index (χ0) is 20.8. The molecule has 1 N–H and O–H groups in total. The van der Waals surface area contributed by atoms with Gasteiger partial charge >= 0.3 is 0 Å². The van der Waals surface area contributed by atoms with Gasteiger partial charge in [-0.05, 0) is 70.5 Å². The van der Waals surface area contributed by atoms with Crippen LogP contribution in [0, 0.1) is 0 Å². The molecule has 3 aromatic rings. The summed E-state index contributed by atoms with van der Waals surface area (Å²) in [6, 6.07) is 10.9. The van der Waals surface area contributed by atoms with Gasteiger partial charge in [-0.3, -0.25) is 4.79 Å². The number of aromatic nitrogens is 3. The normalized spacial score (nSPS) is 10.6. The fourth-order valence-electron chi connectivity index (χ4n) is 2.48. The number of anilines is 1. The molecule has 152 valence electrons. The van der Waals surface area contributed by atoms with Crippen LogP contribution < -0.4 is 14.8 Å². The number of ether oxygens (including phenoxy) is 2. The molecule has 0 aliphatic carbocycles. The Balaban J connectivity index is 1.71. The first-order valence-corrected chi connectivity index (χ1v) is 10.6. The third-order valence-electron chi connectivity index (χ3n) is 3.93. The van der Waals surface area contributed by atoms with Crippen LogP contribution in [0.2, 0.25) is 0 Å². The van der Waals surface area contributed by atoms with Crippen molar-refractivity contribution in [2.45, 2.75) is 23.4 Å². The number of nitrogens with zero attached hydrogens (tertiary/aromatic N) is 3. The Morgan fingerprint density at radius 3 is 2.66 bits per heavy atom. The lowest BCUT2D eigenvalue weighted by Gasteiger charge is -2.14. The molecule has 0 aliphatic heterocycles. The van der Waals surface area contributed by atoms with Gasteiger partial charge in [0, 0.05) is 23.2 Å². The van der Waals surface area contributed by atoms with Gasteiger partial charge in [0.1, 0.15) is 6.33 Å². The second kappa shape index (κ2) is 9.80. The number of methoxy groups -OCH3 is 1. The van der Waals surface area contributed by atoms with Crippen LogP contribution in [0.4, 0.5) is 5.69 Å². The van der Waals surface area contributed by atoms with E-state index in [0.29, 0.717) is 33.8 Å². The Bertz CT molecular complexity index is 992. The Kier molecular flexibility index (Phi) is 7.16. The highest BCUT2D eigenvalue weighted by Gasteiger charge is 2.16. The number of hydrogen-bond donors (Lipinski definition) is 1. The molecule has 0 spiro atoms. The van der Waals surface area contributed by atoms with Crippen LogP contribution in [0.3, 0.4) is 0 Å². The van der Waals surface area contributed by atoms with Gasteiger partial charge < -0.3 is 19.4 Å². The molecule has 1 amide bonds. The van der Waals surface area contributed by atoms with Crippen LogP contribution in [0.5, 0.6) is 11.5 Å². The Morgan fingerprint density at radius 1 is 1.28 bits per heavy atom. The Labute approximate surface area is 181 Å². The summed E-state index contributed by atoms with van der Waals surface area (Å²) in [5, 5.41) is 11.6. The van der Waals surface area contributed by atoms with Crippen LogP contribution in [0.1, 0.15) is 23.7 Å². The number of rotatable bonds is 8. The third-order valence-corrected chi connectivity index (χ3v) is 5.58. The average Bonchev–Trinajstić information content (AvgIpc) is 3.12. The number of carbonyl (C=O) groups is 1. The van der Waals surface area contributed by atoms with Crippen LogP contribution in [-0.4, -0.2) is 34.4 Å². The largest absolute Gasteiger partial charge is 0.493 e. The SMILES string of the molecule is CCCOc1c(Br)cc(C(=O)Nc2ccc(Sc3nncn3C)cc2)cc1OC. The van der Waals surface area contributed by atoms with Gasteiger partial charge in [0.15, 0.2) is 16.7 Å². The Hall–Kier alpha value is -2.52. The van der Waals surface area contributed by atoms with Gasteiger partial charge in [0.2, 0.25) is 0 Å². The number of nitrogens with one attached hydrogen (secondary N) is 1. The molecule has 0 radical (unpaired) electrons. The molecule has 0 saturated carbocycles. The smallest absolute Gasteiger partial charge is 0.255 e. The molecule has 9 heteroatoms. The van der Waals surface area contributed by atoms with E-state index in [4.69, 9.17) is 9.47 Å². The minimum Gasteiger partial charge on any atom is -0.493 e. The molecule has 0 unspecified atom stereocenters. The van der Waals surface area contributed by atoms with E-state index >= 15 is 0 Å². The van der Waals surface area contributed by atoms with Gasteiger partial charge in [-0.2, -0.15) is 0 Å². The van der Waals surface area contributed by atoms with Crippen molar-refractivity contribution < 1.29 is 14.3 Å². The van der Waals surface area contributed by atoms with Crippen molar-refractivity contribution in [2.75, 3.05) is 19.0 Å². The molecule has 0 bridgehead atoms. The summed E-state index contributed by atoms with van der Waals surface area (Å²) in [4.78, 5) is 13.7. The summed E-state index contributed by atoms with van der Waals surface area (Å²) in [5.41, 5.74) is 1.16. The van der Waals surface area contributed by atoms with Crippen molar-refractivity contribution in [1.29, 1.82) is 0 Å². The molecule has 2 aromatic carbocycles. The second-order valence-electron chi connectivity index (χ2n) is 6.14. The van der Waals surface area contributed by atoms with Crippen molar-refractivity contribution in [2.24, 2.45) is 7.05 Å². The van der Waals surface area contributed by atoms with Crippen molar-refractivity contribution in [1.82, 2.24) is 14.8 Å². The van der Waals surface area contributed by atoms with Crippen molar-refractivity contribution in [3.8, 4) is 11.5 Å². The van der Waals surface area contributed by atoms with Gasteiger partial charge in [-0.15, -0.1) is 10.2 Å². The fraction of sp³-hybridized carbons (Fsp3) is 0.250. The van der Waals surface area contributed by atoms with Gasteiger partial charge in [0.05, 0.1) is 18.2 Å². The van der Waals surface area contributed by atoms with E-state index in [0.717, 1.165) is 16.5 Å². The summed E-state index contributed by atoms with van der Waals surface area (Å²) >= 11 is 4.97. The molecular formula is C20H21BrN4O3S. The summed E-state index contributed by atoms with van der Waals surface area (Å²) in [7, 11) is 3.44. The minimum atomic E-state index is -0.236. The number of hydrogen-bond acceptors (Lipinski definition) is 6. The quantitative estimate of drug-likeness (QED) is 0.503. The molecule has 29 heavy (non-hydrogen) atoms. The molecule has 3 rings (SSSR count). The molecule has 0 atom stereocenters. The highest BCUT2D eigenvalue weighted by atomic mass is 79.9. The van der Waals surface area contributed by atoms with Crippen LogP contribution in [0.25, 0.3) is 0 Å². The summed E-state index contributed by atoms with van der Waals surface area (Å²) in [5.74, 6) is 0.865. The number of aryl methyl sites for hydroxylation is 1. The van der Waals surface area contributed by atoms with Gasteiger partial charge in [-0.1, -0.05) is 6.92 Å². The molecule has 7 nitrogen and oxygen atoms in total. The van der Waals surface area contributed by atoms with Crippen molar-refractivity contribution >= 4 is 39.3 Å². The summed E-state index contributed by atoms with van der Waals surface area (Å²) < 4.78 is 13.6. The van der Waals surface area contributed by atoms with Crippen molar-refractivity contribution in [3.05, 3.63) is 52.8 Å². The highest BCUT2D eigenvalue weighted by molar-refractivity contribution is 9.10. The fourth-order valence-corrected chi connectivity index (χ4v) is 3.79. The maximum Gasteiger partial charge on any atom is 0.255 e. The first kappa shape index (κ1) is 21.2. The number of halogens is 1. The second-order valence-corrected chi connectivity index (χ2v) is 8.04. The zero-order valence-electron chi connectivity index (χ0n) is 16.3. The molecule has 1 heterocycles. The lowest BCUT2D eigenvalue weighted by atomic mass is 10.1. The monoisotopic (exact) mass is 476 g/mol. The van der Waals surface area contributed by atoms with E-state index in [1.807, 2.05) is 42.8 Å².